The predicted molar refractivity (Wildman–Crippen MR) is 111 cm³/mol. The number of nitrogens with zero attached hydrogens (tertiary/aromatic N) is 2. The molecule has 132 valence electrons. The maximum atomic E-state index is 9.61. The highest BCUT2D eigenvalue weighted by atomic mass is 35.5. The lowest BCUT2D eigenvalue weighted by molar-refractivity contribution is 0.753. The lowest BCUT2D eigenvalue weighted by Gasteiger charge is -2.14. The van der Waals surface area contributed by atoms with E-state index in [2.05, 4.69) is 36.4 Å². The molecule has 1 aromatic heterocycles. The van der Waals surface area contributed by atoms with Crippen LogP contribution in [-0.2, 0) is 13.0 Å². The fourth-order valence-electron chi connectivity index (χ4n) is 3.48. The Kier molecular flexibility index (Phi) is 4.58. The Labute approximate surface area is 163 Å². The molecule has 0 bridgehead atoms. The van der Waals surface area contributed by atoms with Crippen LogP contribution in [0, 0.1) is 11.3 Å². The van der Waals surface area contributed by atoms with Gasteiger partial charge in [0.15, 0.2) is 0 Å². The molecule has 0 unspecified atom stereocenters. The van der Waals surface area contributed by atoms with Crippen LogP contribution < -0.4 is 5.73 Å². The van der Waals surface area contributed by atoms with E-state index in [1.54, 1.807) is 6.07 Å². The van der Waals surface area contributed by atoms with E-state index in [-0.39, 0.29) is 0 Å². The first-order chi connectivity index (χ1) is 13.2. The number of nitrogen functional groups attached to an aromatic ring is 1. The van der Waals surface area contributed by atoms with Crippen molar-refractivity contribution in [3.63, 3.8) is 0 Å². The SMILES string of the molecule is N#Cc1cc(N)c(Cc2ccc(Cl)cc2)n1Cc1cccc2ccccc12. The van der Waals surface area contributed by atoms with Crippen molar-refractivity contribution in [2.45, 2.75) is 13.0 Å². The third-order valence-corrected chi connectivity index (χ3v) is 5.10. The molecule has 2 N–H and O–H groups in total. The van der Waals surface area contributed by atoms with Gasteiger partial charge >= 0.3 is 0 Å². The summed E-state index contributed by atoms with van der Waals surface area (Å²) in [5.74, 6) is 0. The molecule has 0 aliphatic carbocycles. The van der Waals surface area contributed by atoms with Crippen LogP contribution in [-0.4, -0.2) is 4.57 Å². The molecule has 4 aromatic rings. The lowest BCUT2D eigenvalue weighted by atomic mass is 10.0. The zero-order valence-corrected chi connectivity index (χ0v) is 15.4. The van der Waals surface area contributed by atoms with E-state index in [1.165, 1.54) is 10.8 Å². The van der Waals surface area contributed by atoms with Crippen molar-refractivity contribution in [2.24, 2.45) is 0 Å². The number of nitriles is 1. The summed E-state index contributed by atoms with van der Waals surface area (Å²) in [5, 5.41) is 12.7. The molecule has 1 heterocycles. The molecule has 0 atom stereocenters. The minimum absolute atomic E-state index is 0.574. The Hall–Kier alpha value is -3.22. The molecular weight excluding hydrogens is 354 g/mol. The van der Waals surface area contributed by atoms with Crippen molar-refractivity contribution in [3.8, 4) is 6.07 Å². The largest absolute Gasteiger partial charge is 0.397 e. The van der Waals surface area contributed by atoms with Gasteiger partial charge in [-0.15, -0.1) is 0 Å². The summed E-state index contributed by atoms with van der Waals surface area (Å²) in [6, 6.07) is 26.3. The first kappa shape index (κ1) is 17.2. The van der Waals surface area contributed by atoms with Gasteiger partial charge < -0.3 is 10.3 Å². The van der Waals surface area contributed by atoms with Gasteiger partial charge in [0.25, 0.3) is 0 Å². The van der Waals surface area contributed by atoms with Crippen molar-refractivity contribution in [2.75, 3.05) is 5.73 Å². The second-order valence-corrected chi connectivity index (χ2v) is 7.01. The Bertz CT molecular complexity index is 1150. The van der Waals surface area contributed by atoms with Gasteiger partial charge in [-0.3, -0.25) is 0 Å². The lowest BCUT2D eigenvalue weighted by Crippen LogP contribution is -2.09. The third-order valence-electron chi connectivity index (χ3n) is 4.85. The average Bonchev–Trinajstić information content (AvgIpc) is 2.99. The summed E-state index contributed by atoms with van der Waals surface area (Å²) in [5.41, 5.74) is 10.7. The molecule has 0 saturated heterocycles. The highest BCUT2D eigenvalue weighted by Crippen LogP contribution is 2.26. The fraction of sp³-hybridized carbons (Fsp3) is 0.0870. The minimum atomic E-state index is 0.574. The second-order valence-electron chi connectivity index (χ2n) is 6.57. The molecule has 4 heteroatoms. The van der Waals surface area contributed by atoms with E-state index < -0.39 is 0 Å². The van der Waals surface area contributed by atoms with Gasteiger partial charge in [0, 0.05) is 23.7 Å². The van der Waals surface area contributed by atoms with Gasteiger partial charge in [0.1, 0.15) is 11.8 Å². The number of rotatable bonds is 4. The maximum absolute atomic E-state index is 9.61. The second kappa shape index (κ2) is 7.19. The highest BCUT2D eigenvalue weighted by Gasteiger charge is 2.15. The van der Waals surface area contributed by atoms with Crippen molar-refractivity contribution < 1.29 is 0 Å². The molecule has 0 aliphatic heterocycles. The van der Waals surface area contributed by atoms with Crippen molar-refractivity contribution in [1.29, 1.82) is 5.26 Å². The number of fused-ring (bicyclic) bond motifs is 1. The first-order valence-electron chi connectivity index (χ1n) is 8.75. The van der Waals surface area contributed by atoms with Gasteiger partial charge in [-0.05, 0) is 40.1 Å². The van der Waals surface area contributed by atoms with Gasteiger partial charge in [0.2, 0.25) is 0 Å². The molecule has 3 nitrogen and oxygen atoms in total. The number of nitrogens with two attached hydrogens (primary N) is 1. The van der Waals surface area contributed by atoms with E-state index >= 15 is 0 Å². The van der Waals surface area contributed by atoms with Crippen LogP contribution in [0.25, 0.3) is 10.8 Å². The molecule has 4 rings (SSSR count). The summed E-state index contributed by atoms with van der Waals surface area (Å²) in [7, 11) is 0. The van der Waals surface area contributed by atoms with Crippen molar-refractivity contribution in [1.82, 2.24) is 4.57 Å². The first-order valence-corrected chi connectivity index (χ1v) is 9.12. The van der Waals surface area contributed by atoms with E-state index in [9.17, 15) is 5.26 Å². The van der Waals surface area contributed by atoms with Gasteiger partial charge in [-0.2, -0.15) is 5.26 Å². The van der Waals surface area contributed by atoms with E-state index in [0.717, 1.165) is 16.8 Å². The number of benzene rings is 3. The molecular formula is C23H18ClN3. The Balaban J connectivity index is 1.77. The fourth-order valence-corrected chi connectivity index (χ4v) is 3.60. The van der Waals surface area contributed by atoms with Crippen molar-refractivity contribution >= 4 is 28.1 Å². The molecule has 0 spiro atoms. The monoisotopic (exact) mass is 371 g/mol. The zero-order chi connectivity index (χ0) is 18.8. The molecule has 0 amide bonds. The Morgan fingerprint density at radius 1 is 0.963 bits per heavy atom. The van der Waals surface area contributed by atoms with Crippen LogP contribution in [0.5, 0.6) is 0 Å². The molecule has 3 aromatic carbocycles. The molecule has 0 saturated carbocycles. The van der Waals surface area contributed by atoms with Gasteiger partial charge in [0.05, 0.1) is 5.69 Å². The number of hydrogen-bond donors (Lipinski definition) is 1. The number of anilines is 1. The van der Waals surface area contributed by atoms with Crippen LogP contribution in [0.2, 0.25) is 5.02 Å². The predicted octanol–water partition coefficient (Wildman–Crippen LogP) is 5.39. The number of aromatic nitrogens is 1. The third kappa shape index (κ3) is 3.40. The molecule has 0 fully saturated rings. The standard InChI is InChI=1S/C23H18ClN3/c24-19-10-8-16(9-11-19)12-23-22(26)13-20(14-25)27(23)15-18-6-3-5-17-4-1-2-7-21(17)18/h1-11,13H,12,15,26H2. The smallest absolute Gasteiger partial charge is 0.122 e. The van der Waals surface area contributed by atoms with Crippen LogP contribution in [0.4, 0.5) is 5.69 Å². The van der Waals surface area contributed by atoms with Gasteiger partial charge in [-0.1, -0.05) is 66.2 Å². The average molecular weight is 372 g/mol. The normalized spacial score (nSPS) is 10.8. The number of halogens is 1. The molecule has 27 heavy (non-hydrogen) atoms. The van der Waals surface area contributed by atoms with Crippen LogP contribution >= 0.6 is 11.6 Å². The van der Waals surface area contributed by atoms with E-state index in [0.29, 0.717) is 29.4 Å². The minimum Gasteiger partial charge on any atom is -0.397 e. The topological polar surface area (TPSA) is 54.7 Å². The van der Waals surface area contributed by atoms with Crippen LogP contribution in [0.3, 0.4) is 0 Å². The van der Waals surface area contributed by atoms with Crippen LogP contribution in [0.1, 0.15) is 22.5 Å². The summed E-state index contributed by atoms with van der Waals surface area (Å²) < 4.78 is 2.02. The number of hydrogen-bond acceptors (Lipinski definition) is 2. The van der Waals surface area contributed by atoms with Gasteiger partial charge in [-0.25, -0.2) is 0 Å². The molecule has 0 aliphatic rings. The maximum Gasteiger partial charge on any atom is 0.122 e. The summed E-state index contributed by atoms with van der Waals surface area (Å²) in [6.07, 6.45) is 0.648. The Morgan fingerprint density at radius 2 is 1.70 bits per heavy atom. The van der Waals surface area contributed by atoms with E-state index in [1.807, 2.05) is 41.0 Å². The summed E-state index contributed by atoms with van der Waals surface area (Å²) in [6.45, 7) is 0.602. The summed E-state index contributed by atoms with van der Waals surface area (Å²) in [4.78, 5) is 0. The summed E-state index contributed by atoms with van der Waals surface area (Å²) >= 11 is 5.99. The quantitative estimate of drug-likeness (QED) is 0.523. The Morgan fingerprint density at radius 3 is 2.48 bits per heavy atom. The van der Waals surface area contributed by atoms with Crippen molar-refractivity contribution in [3.05, 3.63) is 100 Å². The highest BCUT2D eigenvalue weighted by molar-refractivity contribution is 6.30. The zero-order valence-electron chi connectivity index (χ0n) is 14.7. The van der Waals surface area contributed by atoms with E-state index in [4.69, 9.17) is 17.3 Å². The van der Waals surface area contributed by atoms with Crippen LogP contribution in [0.15, 0.2) is 72.8 Å². The molecule has 0 radical (unpaired) electrons.